The molecular formula is C32H30N2O3. The van der Waals surface area contributed by atoms with Crippen molar-refractivity contribution in [3.63, 3.8) is 0 Å². The predicted molar refractivity (Wildman–Crippen MR) is 150 cm³/mol. The summed E-state index contributed by atoms with van der Waals surface area (Å²) < 4.78 is 0. The third-order valence-electron chi connectivity index (χ3n) is 7.03. The zero-order valence-corrected chi connectivity index (χ0v) is 21.5. The molecule has 0 aliphatic carbocycles. The molecule has 186 valence electrons. The molecule has 1 N–H and O–H groups in total. The van der Waals surface area contributed by atoms with E-state index in [1.807, 2.05) is 104 Å². The molecule has 1 fully saturated rings. The van der Waals surface area contributed by atoms with E-state index in [1.165, 1.54) is 4.90 Å². The third kappa shape index (κ3) is 4.38. The van der Waals surface area contributed by atoms with Gasteiger partial charge in [0.2, 0.25) is 0 Å². The molecular weight excluding hydrogens is 460 g/mol. The Morgan fingerprint density at radius 1 is 0.838 bits per heavy atom. The van der Waals surface area contributed by atoms with Crippen molar-refractivity contribution in [2.75, 3.05) is 23.9 Å². The third-order valence-corrected chi connectivity index (χ3v) is 7.03. The Morgan fingerprint density at radius 2 is 1.49 bits per heavy atom. The highest BCUT2D eigenvalue weighted by Gasteiger charge is 2.47. The van der Waals surface area contributed by atoms with Gasteiger partial charge in [0.1, 0.15) is 5.76 Å². The second kappa shape index (κ2) is 9.58. The van der Waals surface area contributed by atoms with Gasteiger partial charge in [-0.2, -0.15) is 0 Å². The molecule has 0 bridgehead atoms. The Balaban J connectivity index is 1.69. The van der Waals surface area contributed by atoms with Crippen LogP contribution in [0.25, 0.3) is 16.5 Å². The average molecular weight is 491 g/mol. The molecule has 1 atom stereocenters. The first kappa shape index (κ1) is 24.3. The van der Waals surface area contributed by atoms with Crippen LogP contribution in [0.4, 0.5) is 11.4 Å². The number of hydrogen-bond donors (Lipinski definition) is 1. The summed E-state index contributed by atoms with van der Waals surface area (Å²) in [7, 11) is 3.89. The van der Waals surface area contributed by atoms with Crippen molar-refractivity contribution in [2.45, 2.75) is 25.8 Å². The van der Waals surface area contributed by atoms with Crippen LogP contribution in [0.3, 0.4) is 0 Å². The van der Waals surface area contributed by atoms with E-state index < -0.39 is 17.7 Å². The summed E-state index contributed by atoms with van der Waals surface area (Å²) in [5.41, 5.74) is 4.10. The molecule has 5 heteroatoms. The molecule has 1 aliphatic rings. The summed E-state index contributed by atoms with van der Waals surface area (Å²) in [5.74, 6) is -1.18. The summed E-state index contributed by atoms with van der Waals surface area (Å²) in [4.78, 5) is 30.4. The van der Waals surface area contributed by atoms with Gasteiger partial charge in [0.25, 0.3) is 11.7 Å². The van der Waals surface area contributed by atoms with Crippen molar-refractivity contribution in [2.24, 2.45) is 0 Å². The Kier molecular flexibility index (Phi) is 6.30. The fourth-order valence-electron chi connectivity index (χ4n) is 4.88. The molecule has 4 aromatic carbocycles. The van der Waals surface area contributed by atoms with Crippen LogP contribution in [0.5, 0.6) is 0 Å². The number of benzene rings is 4. The van der Waals surface area contributed by atoms with Gasteiger partial charge < -0.3 is 10.0 Å². The Hall–Kier alpha value is -4.38. The summed E-state index contributed by atoms with van der Waals surface area (Å²) in [5, 5.41) is 13.5. The predicted octanol–water partition coefficient (Wildman–Crippen LogP) is 6.66. The molecule has 0 aromatic heterocycles. The second-order valence-corrected chi connectivity index (χ2v) is 9.96. The highest BCUT2D eigenvalue weighted by molar-refractivity contribution is 6.51. The molecule has 5 nitrogen and oxygen atoms in total. The Labute approximate surface area is 217 Å². The van der Waals surface area contributed by atoms with Crippen molar-refractivity contribution >= 4 is 39.6 Å². The molecule has 1 amide bonds. The van der Waals surface area contributed by atoms with Gasteiger partial charge in [0.05, 0.1) is 11.6 Å². The van der Waals surface area contributed by atoms with Crippen LogP contribution in [0.15, 0.2) is 96.6 Å². The van der Waals surface area contributed by atoms with Crippen molar-refractivity contribution in [1.29, 1.82) is 0 Å². The molecule has 0 spiro atoms. The van der Waals surface area contributed by atoms with Gasteiger partial charge in [0.15, 0.2) is 0 Å². The van der Waals surface area contributed by atoms with Crippen molar-refractivity contribution in [3.8, 4) is 0 Å². The zero-order chi connectivity index (χ0) is 26.3. The standard InChI is InChI=1S/C32H30N2O3/c1-20(2)21-9-12-23(13-10-21)29-28(30(35)25-14-11-22-7-5-6-8-24(22)19-25)31(36)32(37)34(29)27-17-15-26(16-18-27)33(3)4/h5-20,29,35H,1-4H3/b30-28-. The molecule has 1 unspecified atom stereocenters. The maximum Gasteiger partial charge on any atom is 0.300 e. The van der Waals surface area contributed by atoms with Gasteiger partial charge in [-0.15, -0.1) is 0 Å². The summed E-state index contributed by atoms with van der Waals surface area (Å²) >= 11 is 0. The number of hydrogen-bond acceptors (Lipinski definition) is 4. The Bertz CT molecular complexity index is 1520. The van der Waals surface area contributed by atoms with Crippen LogP contribution in [0.2, 0.25) is 0 Å². The first-order valence-electron chi connectivity index (χ1n) is 12.4. The number of Topliss-reactive ketones (excluding diaryl/α,β-unsaturated/α-hetero) is 1. The van der Waals surface area contributed by atoms with E-state index in [2.05, 4.69) is 13.8 Å². The van der Waals surface area contributed by atoms with Crippen LogP contribution in [0.1, 0.15) is 42.5 Å². The minimum absolute atomic E-state index is 0.0919. The topological polar surface area (TPSA) is 60.9 Å². The monoisotopic (exact) mass is 490 g/mol. The second-order valence-electron chi connectivity index (χ2n) is 9.96. The van der Waals surface area contributed by atoms with E-state index >= 15 is 0 Å². The van der Waals surface area contributed by atoms with E-state index in [4.69, 9.17) is 0 Å². The molecule has 0 radical (unpaired) electrons. The highest BCUT2D eigenvalue weighted by atomic mass is 16.3. The minimum Gasteiger partial charge on any atom is -0.507 e. The van der Waals surface area contributed by atoms with Crippen LogP contribution >= 0.6 is 0 Å². The summed E-state index contributed by atoms with van der Waals surface area (Å²) in [6.45, 7) is 4.24. The molecule has 4 aromatic rings. The van der Waals surface area contributed by atoms with E-state index in [0.717, 1.165) is 27.6 Å². The number of ketones is 1. The molecule has 5 rings (SSSR count). The number of carbonyl (C=O) groups is 2. The van der Waals surface area contributed by atoms with Crippen LogP contribution in [-0.2, 0) is 9.59 Å². The van der Waals surface area contributed by atoms with Gasteiger partial charge >= 0.3 is 0 Å². The van der Waals surface area contributed by atoms with E-state index in [-0.39, 0.29) is 11.3 Å². The lowest BCUT2D eigenvalue weighted by molar-refractivity contribution is -0.132. The first-order valence-corrected chi connectivity index (χ1v) is 12.4. The van der Waals surface area contributed by atoms with Gasteiger partial charge in [-0.25, -0.2) is 0 Å². The van der Waals surface area contributed by atoms with Gasteiger partial charge in [-0.05, 0) is 58.1 Å². The Morgan fingerprint density at radius 3 is 2.11 bits per heavy atom. The number of aliphatic hydroxyl groups excluding tert-OH is 1. The number of rotatable bonds is 5. The fourth-order valence-corrected chi connectivity index (χ4v) is 4.88. The maximum absolute atomic E-state index is 13.5. The van der Waals surface area contributed by atoms with Gasteiger partial charge in [-0.3, -0.25) is 14.5 Å². The number of carbonyl (C=O) groups excluding carboxylic acids is 2. The quantitative estimate of drug-likeness (QED) is 0.193. The SMILES string of the molecule is CC(C)c1ccc(C2/C(=C(/O)c3ccc4ccccc4c3)C(=O)C(=O)N2c2ccc(N(C)C)cc2)cc1. The normalized spacial score (nSPS) is 17.1. The van der Waals surface area contributed by atoms with Crippen LogP contribution in [0, 0.1) is 0 Å². The first-order chi connectivity index (χ1) is 17.8. The van der Waals surface area contributed by atoms with Crippen molar-refractivity contribution < 1.29 is 14.7 Å². The number of fused-ring (bicyclic) bond motifs is 1. The van der Waals surface area contributed by atoms with Gasteiger partial charge in [0, 0.05) is 31.0 Å². The number of anilines is 2. The smallest absolute Gasteiger partial charge is 0.300 e. The van der Waals surface area contributed by atoms with Crippen LogP contribution < -0.4 is 9.80 Å². The lowest BCUT2D eigenvalue weighted by Gasteiger charge is -2.26. The van der Waals surface area contributed by atoms with Crippen molar-refractivity contribution in [1.82, 2.24) is 0 Å². The summed E-state index contributed by atoms with van der Waals surface area (Å²) in [6.07, 6.45) is 0. The molecule has 0 saturated carbocycles. The van der Waals surface area contributed by atoms with E-state index in [1.54, 1.807) is 6.07 Å². The fraction of sp³-hybridized carbons (Fsp3) is 0.188. The zero-order valence-electron chi connectivity index (χ0n) is 21.5. The molecule has 1 saturated heterocycles. The average Bonchev–Trinajstić information content (AvgIpc) is 3.18. The molecule has 1 heterocycles. The number of amides is 1. The van der Waals surface area contributed by atoms with Gasteiger partial charge in [-0.1, -0.05) is 74.5 Å². The maximum atomic E-state index is 13.5. The molecule has 37 heavy (non-hydrogen) atoms. The summed E-state index contributed by atoms with van der Waals surface area (Å²) in [6, 6.07) is 28.1. The highest BCUT2D eigenvalue weighted by Crippen LogP contribution is 2.43. The number of nitrogens with zero attached hydrogens (tertiary/aromatic N) is 2. The van der Waals surface area contributed by atoms with E-state index in [9.17, 15) is 14.7 Å². The number of aliphatic hydroxyl groups is 1. The van der Waals surface area contributed by atoms with E-state index in [0.29, 0.717) is 17.2 Å². The largest absolute Gasteiger partial charge is 0.507 e. The minimum atomic E-state index is -0.752. The van der Waals surface area contributed by atoms with Crippen LogP contribution in [-0.4, -0.2) is 30.9 Å². The lowest BCUT2D eigenvalue weighted by atomic mass is 9.92. The lowest BCUT2D eigenvalue weighted by Crippen LogP contribution is -2.29. The molecule has 1 aliphatic heterocycles. The van der Waals surface area contributed by atoms with Crippen molar-refractivity contribution in [3.05, 3.63) is 113 Å².